The first-order chi connectivity index (χ1) is 20.9. The monoisotopic (exact) mass is 600 g/mol. The largest absolute Gasteiger partial charge is 0.396 e. The van der Waals surface area contributed by atoms with Gasteiger partial charge in [0.15, 0.2) is 0 Å². The number of benzene rings is 2. The van der Waals surface area contributed by atoms with Crippen molar-refractivity contribution >= 4 is 40.9 Å². The third-order valence-corrected chi connectivity index (χ3v) is 11.0. The molecule has 43 heavy (non-hydrogen) atoms. The number of anilines is 2. The number of aliphatic hydroxyl groups is 1. The molecule has 3 amide bonds. The number of hydrogen-bond donors (Lipinski definition) is 1. The van der Waals surface area contributed by atoms with Crippen LogP contribution >= 0.6 is 11.8 Å². The Kier molecular flexibility index (Phi) is 8.38. The number of carbonyl (C=O) groups excluding carboxylic acids is 3. The van der Waals surface area contributed by atoms with Crippen LogP contribution in [0.1, 0.15) is 25.8 Å². The van der Waals surface area contributed by atoms with Gasteiger partial charge in [0, 0.05) is 62.5 Å². The molecular formula is C34H40N4O4S. The zero-order valence-electron chi connectivity index (χ0n) is 24.8. The van der Waals surface area contributed by atoms with E-state index < -0.39 is 22.6 Å². The van der Waals surface area contributed by atoms with Crippen LogP contribution < -0.4 is 9.80 Å². The van der Waals surface area contributed by atoms with E-state index in [9.17, 15) is 19.5 Å². The SMILES string of the molecule is CCN(CC)c1ccc(N2CC=C[C@]34S[C@H]5C=CCN(Cc6ccccc6)C(=O)[C@H]5[C@H]3C(=O)N(CCCO)C4C2=O)cc1. The molecule has 8 nitrogen and oxygen atoms in total. The highest BCUT2D eigenvalue weighted by atomic mass is 32.2. The van der Waals surface area contributed by atoms with E-state index in [0.29, 0.717) is 26.1 Å². The van der Waals surface area contributed by atoms with Gasteiger partial charge < -0.3 is 24.7 Å². The molecule has 4 aliphatic heterocycles. The number of amides is 3. The third-order valence-electron chi connectivity index (χ3n) is 9.31. The number of carbonyl (C=O) groups is 3. The van der Waals surface area contributed by atoms with E-state index >= 15 is 0 Å². The van der Waals surface area contributed by atoms with Crippen molar-refractivity contribution in [3.8, 4) is 0 Å². The number of aliphatic hydroxyl groups excluding tert-OH is 1. The fourth-order valence-electron chi connectivity index (χ4n) is 7.28. The maximum absolute atomic E-state index is 14.6. The summed E-state index contributed by atoms with van der Waals surface area (Å²) in [6.07, 6.45) is 8.52. The molecule has 4 aliphatic rings. The van der Waals surface area contributed by atoms with Crippen molar-refractivity contribution in [2.45, 2.75) is 42.9 Å². The summed E-state index contributed by atoms with van der Waals surface area (Å²) in [7, 11) is 0. The Bertz CT molecular complexity index is 1410. The predicted octanol–water partition coefficient (Wildman–Crippen LogP) is 3.71. The molecular weight excluding hydrogens is 560 g/mol. The van der Waals surface area contributed by atoms with E-state index in [2.05, 4.69) is 24.8 Å². The molecule has 2 aromatic rings. The van der Waals surface area contributed by atoms with Gasteiger partial charge in [-0.25, -0.2) is 0 Å². The lowest BCUT2D eigenvalue weighted by atomic mass is 9.78. The summed E-state index contributed by atoms with van der Waals surface area (Å²) in [4.78, 5) is 50.7. The molecule has 9 heteroatoms. The first kappa shape index (κ1) is 29.5. The third kappa shape index (κ3) is 5.06. The van der Waals surface area contributed by atoms with Crippen LogP contribution in [-0.4, -0.2) is 88.0 Å². The van der Waals surface area contributed by atoms with E-state index in [1.54, 1.807) is 21.6 Å². The molecule has 1 spiro atoms. The number of hydrogen-bond acceptors (Lipinski definition) is 6. The number of fused-ring (bicyclic) bond motifs is 2. The molecule has 1 N–H and O–H groups in total. The lowest BCUT2D eigenvalue weighted by molar-refractivity contribution is -0.143. The summed E-state index contributed by atoms with van der Waals surface area (Å²) in [6.45, 7) is 7.55. The first-order valence-electron chi connectivity index (χ1n) is 15.4. The Morgan fingerprint density at radius 3 is 2.37 bits per heavy atom. The fourth-order valence-corrected chi connectivity index (χ4v) is 9.29. The van der Waals surface area contributed by atoms with Gasteiger partial charge in [-0.3, -0.25) is 14.4 Å². The Hall–Kier alpha value is -3.56. The molecule has 2 aromatic carbocycles. The highest BCUT2D eigenvalue weighted by molar-refractivity contribution is 8.02. The lowest BCUT2D eigenvalue weighted by Gasteiger charge is -2.35. The Morgan fingerprint density at radius 2 is 1.67 bits per heavy atom. The van der Waals surface area contributed by atoms with Crippen LogP contribution in [0.2, 0.25) is 0 Å². The normalized spacial score (nSPS) is 28.1. The number of likely N-dealkylation sites (tertiary alicyclic amines) is 1. The average Bonchev–Trinajstić information content (AvgIpc) is 3.34. The zero-order chi connectivity index (χ0) is 30.1. The van der Waals surface area contributed by atoms with E-state index in [1.165, 1.54) is 0 Å². The van der Waals surface area contributed by atoms with Crippen LogP contribution in [-0.2, 0) is 20.9 Å². The van der Waals surface area contributed by atoms with Gasteiger partial charge in [-0.15, -0.1) is 11.8 Å². The topological polar surface area (TPSA) is 84.4 Å². The van der Waals surface area contributed by atoms with E-state index in [1.807, 2.05) is 77.7 Å². The maximum Gasteiger partial charge on any atom is 0.251 e. The minimum atomic E-state index is -0.870. The number of nitrogens with zero attached hydrogens (tertiary/aromatic N) is 4. The van der Waals surface area contributed by atoms with Crippen molar-refractivity contribution in [1.29, 1.82) is 0 Å². The molecule has 4 heterocycles. The molecule has 5 atom stereocenters. The summed E-state index contributed by atoms with van der Waals surface area (Å²) in [5.74, 6) is -1.59. The Balaban J connectivity index is 1.35. The quantitative estimate of drug-likeness (QED) is 0.442. The summed E-state index contributed by atoms with van der Waals surface area (Å²) in [5.41, 5.74) is 2.92. The average molecular weight is 601 g/mol. The lowest BCUT2D eigenvalue weighted by Crippen LogP contribution is -2.53. The van der Waals surface area contributed by atoms with Gasteiger partial charge in [0.05, 0.1) is 16.6 Å². The molecule has 0 aromatic heterocycles. The van der Waals surface area contributed by atoms with E-state index in [0.717, 1.165) is 30.0 Å². The van der Waals surface area contributed by atoms with Gasteiger partial charge in [0.25, 0.3) is 5.91 Å². The standard InChI is InChI=1S/C34H40N4O4S/c1-3-35(4-2)25-14-16-26(17-15-25)37-20-9-18-34-29(32(41)38(21-10-22-39)30(34)33(37)42)28-27(43-34)13-8-19-36(31(28)40)23-24-11-6-5-7-12-24/h5-9,11-18,27-30,39H,3-4,10,19-23H2,1-2H3/t27-,28+,29-,30?,34-/m0/s1. The second kappa shape index (κ2) is 12.2. The van der Waals surface area contributed by atoms with Gasteiger partial charge in [-0.2, -0.15) is 0 Å². The van der Waals surface area contributed by atoms with Crippen LogP contribution in [0.5, 0.6) is 0 Å². The highest BCUT2D eigenvalue weighted by Gasteiger charge is 2.70. The minimum Gasteiger partial charge on any atom is -0.396 e. The van der Waals surface area contributed by atoms with Crippen molar-refractivity contribution in [3.05, 3.63) is 84.5 Å². The molecule has 2 saturated heterocycles. The molecule has 1 unspecified atom stereocenters. The van der Waals surface area contributed by atoms with Crippen molar-refractivity contribution in [3.63, 3.8) is 0 Å². The molecule has 2 fully saturated rings. The Morgan fingerprint density at radius 1 is 0.930 bits per heavy atom. The molecule has 0 saturated carbocycles. The van der Waals surface area contributed by atoms with Crippen LogP contribution in [0.3, 0.4) is 0 Å². The van der Waals surface area contributed by atoms with Crippen molar-refractivity contribution in [2.75, 3.05) is 49.1 Å². The Labute approximate surface area is 258 Å². The van der Waals surface area contributed by atoms with E-state index in [-0.39, 0.29) is 36.1 Å². The molecule has 0 radical (unpaired) electrons. The summed E-state index contributed by atoms with van der Waals surface area (Å²) in [6, 6.07) is 17.2. The predicted molar refractivity (Wildman–Crippen MR) is 171 cm³/mol. The fraction of sp³-hybridized carbons (Fsp3) is 0.441. The first-order valence-corrected chi connectivity index (χ1v) is 16.2. The second-order valence-corrected chi connectivity index (χ2v) is 13.1. The van der Waals surface area contributed by atoms with Gasteiger partial charge in [0.2, 0.25) is 11.8 Å². The van der Waals surface area contributed by atoms with Gasteiger partial charge >= 0.3 is 0 Å². The second-order valence-electron chi connectivity index (χ2n) is 11.6. The van der Waals surface area contributed by atoms with E-state index in [4.69, 9.17) is 0 Å². The van der Waals surface area contributed by atoms with Gasteiger partial charge in [-0.1, -0.05) is 54.6 Å². The van der Waals surface area contributed by atoms with Crippen molar-refractivity contribution in [2.24, 2.45) is 11.8 Å². The molecule has 6 rings (SSSR count). The number of thioether (sulfide) groups is 1. The maximum atomic E-state index is 14.6. The van der Waals surface area contributed by atoms with Gasteiger partial charge in [0.1, 0.15) is 6.04 Å². The zero-order valence-corrected chi connectivity index (χ0v) is 25.7. The number of rotatable bonds is 9. The summed E-state index contributed by atoms with van der Waals surface area (Å²) in [5, 5.41) is 9.48. The van der Waals surface area contributed by atoms with Crippen molar-refractivity contribution < 1.29 is 19.5 Å². The van der Waals surface area contributed by atoms with Crippen LogP contribution in [0, 0.1) is 11.8 Å². The van der Waals surface area contributed by atoms with Crippen molar-refractivity contribution in [1.82, 2.24) is 9.80 Å². The molecule has 0 aliphatic carbocycles. The van der Waals surface area contributed by atoms with Crippen LogP contribution in [0.25, 0.3) is 0 Å². The highest BCUT2D eigenvalue weighted by Crippen LogP contribution is 2.61. The smallest absolute Gasteiger partial charge is 0.251 e. The summed E-state index contributed by atoms with van der Waals surface area (Å²) >= 11 is 1.59. The van der Waals surface area contributed by atoms with Crippen LogP contribution in [0.4, 0.5) is 11.4 Å². The summed E-state index contributed by atoms with van der Waals surface area (Å²) < 4.78 is -0.870. The molecule has 0 bridgehead atoms. The van der Waals surface area contributed by atoms with Gasteiger partial charge in [-0.05, 0) is 50.1 Å². The molecule has 226 valence electrons. The minimum absolute atomic E-state index is 0.0433. The van der Waals surface area contributed by atoms with Crippen LogP contribution in [0.15, 0.2) is 78.9 Å².